The van der Waals surface area contributed by atoms with Gasteiger partial charge in [-0.25, -0.2) is 9.59 Å². The molecule has 0 radical (unpaired) electrons. The first-order chi connectivity index (χ1) is 62.1. The van der Waals surface area contributed by atoms with Crippen molar-refractivity contribution < 1.29 is 135 Å². The summed E-state index contributed by atoms with van der Waals surface area (Å²) in [7, 11) is 1.26. The lowest BCUT2D eigenvalue weighted by atomic mass is 9.67. The van der Waals surface area contributed by atoms with E-state index in [1.807, 2.05) is 6.07 Å². The molecule has 37 nitrogen and oxygen atoms in total. The molecule has 11 atom stereocenters. The molecule has 1 saturated heterocycles. The Balaban J connectivity index is 0.804. The molecular formula is C93H105N9O28. The highest BCUT2D eigenvalue weighted by atomic mass is 16.7. The average molecular weight is 1800 g/mol. The number of rotatable bonds is 42. The Morgan fingerprint density at radius 2 is 1.05 bits per heavy atom. The molecule has 690 valence electrons. The normalized spacial score (nSPS) is 18.3. The summed E-state index contributed by atoms with van der Waals surface area (Å²) in [6.07, 6.45) is -9.77. The van der Waals surface area contributed by atoms with Crippen LogP contribution in [0.3, 0.4) is 0 Å². The van der Waals surface area contributed by atoms with Crippen molar-refractivity contribution in [1.82, 2.24) is 42.5 Å². The highest BCUT2D eigenvalue weighted by molar-refractivity contribution is 6.31. The van der Waals surface area contributed by atoms with Gasteiger partial charge in [-0.05, 0) is 91.5 Å². The molecule has 0 bridgehead atoms. The van der Waals surface area contributed by atoms with Gasteiger partial charge < -0.3 is 111 Å². The van der Waals surface area contributed by atoms with Gasteiger partial charge in [0.05, 0.1) is 55.3 Å². The topological polar surface area (TPSA) is 539 Å². The Bertz CT molecular complexity index is 5260. The number of ether oxygens (including phenoxy) is 8. The van der Waals surface area contributed by atoms with E-state index in [-0.39, 0.29) is 79.5 Å². The van der Waals surface area contributed by atoms with E-state index < -0.39 is 242 Å². The minimum absolute atomic E-state index is 0.0173. The van der Waals surface area contributed by atoms with Crippen molar-refractivity contribution in [1.29, 1.82) is 0 Å². The standard InChI is InChI=1S/C93H105N9O28/c1-52(2)79(102-86(116)64(37-38-71(107)124-46-55-22-11-7-12-23-55)99-88(118)66(40-72(108)125-47-56-24-13-8-14-25-56)98-70(106)44-95-85(115)63(96-54(4)104)31-19-20-39-94-90(120)127-49-58-28-17-10-18-29-58)89(119)100-67(41-73(109)126-48-57-26-15-9-16-27-57)87(117)97-60-35-33-59(34-36-60)50-128-91(121)101-65-42-74(129-53(3)80(65)110)130-92(5)51-93(122,69(105)45-103)43-62-78(92)84(114)77-76(82(62)112)81(111)61-30-21-32-68(123-6)75(61)83(77)113/h7-18,21-30,32-36,52-53,63-67,74,79-80,103,110,112,114,122H,19-20,31,37-51H2,1-6H3,(H,94,120)(H,95,115)(H,96,104)(H,97,117)(H,98,106)(H,99,118)(H,100,119)(H,101,121)(H,102,116)/t53-,63-,64-,65?,66-,67-,74-,79-,80+,92-,93-/m0/s1. The largest absolute Gasteiger partial charge is 0.507 e. The van der Waals surface area contributed by atoms with E-state index in [9.17, 15) is 97.5 Å². The van der Waals surface area contributed by atoms with Crippen molar-refractivity contribution in [2.24, 2.45) is 5.92 Å². The van der Waals surface area contributed by atoms with Gasteiger partial charge in [-0.1, -0.05) is 159 Å². The third-order valence-corrected chi connectivity index (χ3v) is 21.8. The van der Waals surface area contributed by atoms with Crippen LogP contribution in [0, 0.1) is 5.92 Å². The predicted molar refractivity (Wildman–Crippen MR) is 459 cm³/mol. The predicted octanol–water partition coefficient (Wildman–Crippen LogP) is 5.19. The third kappa shape index (κ3) is 26.8. The molecule has 0 spiro atoms. The van der Waals surface area contributed by atoms with E-state index in [4.69, 9.17) is 37.9 Å². The minimum atomic E-state index is -2.52. The van der Waals surface area contributed by atoms with Gasteiger partial charge in [0.15, 0.2) is 17.9 Å². The third-order valence-electron chi connectivity index (χ3n) is 21.8. The molecule has 37 heteroatoms. The molecule has 10 rings (SSSR count). The van der Waals surface area contributed by atoms with Crippen LogP contribution in [-0.4, -0.2) is 201 Å². The number of ketones is 3. The maximum atomic E-state index is 14.9. The fourth-order valence-corrected chi connectivity index (χ4v) is 15.1. The summed E-state index contributed by atoms with van der Waals surface area (Å²) >= 11 is 0. The number of benzene rings is 7. The van der Waals surface area contributed by atoms with Crippen LogP contribution in [0.1, 0.15) is 163 Å². The molecule has 7 aromatic rings. The highest BCUT2D eigenvalue weighted by Gasteiger charge is 2.56. The van der Waals surface area contributed by atoms with Crippen molar-refractivity contribution in [3.63, 3.8) is 0 Å². The number of carbonyl (C=O) groups is 15. The summed E-state index contributed by atoms with van der Waals surface area (Å²) in [6, 6.07) is 34.9. The first kappa shape index (κ1) is 98.2. The average Bonchev–Trinajstić information content (AvgIpc) is 0.699. The molecule has 0 saturated carbocycles. The number of alkyl carbamates (subject to hydrolysis) is 2. The number of carbonyl (C=O) groups excluding carboxylic acids is 15. The van der Waals surface area contributed by atoms with Crippen molar-refractivity contribution in [2.75, 3.05) is 32.1 Å². The van der Waals surface area contributed by atoms with Crippen LogP contribution in [-0.2, 0) is 131 Å². The number of unbranched alkanes of at least 4 members (excludes halogenated alkanes) is 1. The monoisotopic (exact) mass is 1800 g/mol. The molecule has 1 fully saturated rings. The number of amides is 9. The Labute approximate surface area is 747 Å². The lowest BCUT2D eigenvalue weighted by Gasteiger charge is -2.47. The van der Waals surface area contributed by atoms with Gasteiger partial charge >= 0.3 is 30.1 Å². The number of nitrogens with one attached hydrogen (secondary N) is 9. The number of methoxy groups -OCH3 is 1. The Morgan fingerprint density at radius 1 is 0.538 bits per heavy atom. The summed E-state index contributed by atoms with van der Waals surface area (Å²) < 4.78 is 45.2. The van der Waals surface area contributed by atoms with Gasteiger partial charge in [0.2, 0.25) is 47.1 Å². The summed E-state index contributed by atoms with van der Waals surface area (Å²) in [5, 5.41) is 80.4. The van der Waals surface area contributed by atoms with Gasteiger partial charge in [0, 0.05) is 61.5 Å². The van der Waals surface area contributed by atoms with Crippen LogP contribution in [0.15, 0.2) is 164 Å². The molecule has 2 aliphatic carbocycles. The SMILES string of the molecule is COc1cccc2c1C(=O)c1c(O)c3c(c(O)c1C2=O)C[C@@](O)(C(=O)CO)C[C@]3(C)O[C@H]1CC(NC(=O)OCc2ccc(NC(=O)[C@H](CC(=O)OCc3ccccc3)NC(=O)[C@@H](NC(=O)[C@H](CCC(=O)OCc3ccccc3)NC(=O)[C@H](CC(=O)OCc3ccccc3)NC(=O)CNC(=O)[C@H](CCCCNC(=O)OCc3ccccc3)NC(C)=O)C(C)C)cc2)[C@H](O)[C@H](C)O1. The lowest BCUT2D eigenvalue weighted by Crippen LogP contribution is -2.59. The van der Waals surface area contributed by atoms with E-state index >= 15 is 0 Å². The van der Waals surface area contributed by atoms with Crippen molar-refractivity contribution in [3.05, 3.63) is 225 Å². The number of aliphatic hydroxyl groups excluding tert-OH is 2. The summed E-state index contributed by atoms with van der Waals surface area (Å²) in [5.74, 6) is -15.1. The second-order valence-electron chi connectivity index (χ2n) is 32.0. The summed E-state index contributed by atoms with van der Waals surface area (Å²) in [4.78, 5) is 208. The number of phenols is 2. The van der Waals surface area contributed by atoms with Gasteiger partial charge in [-0.15, -0.1) is 0 Å². The number of hydrogen-bond acceptors (Lipinski definition) is 28. The van der Waals surface area contributed by atoms with Gasteiger partial charge in [-0.3, -0.25) is 62.3 Å². The molecule has 14 N–H and O–H groups in total. The van der Waals surface area contributed by atoms with E-state index in [1.54, 1.807) is 115 Å². The van der Waals surface area contributed by atoms with E-state index in [0.29, 0.717) is 35.1 Å². The first-order valence-corrected chi connectivity index (χ1v) is 42.0. The number of Topliss-reactive ketones (excluding diaryl/α,β-unsaturated/α-hetero) is 1. The number of anilines is 1. The molecule has 7 aromatic carbocycles. The van der Waals surface area contributed by atoms with Gasteiger partial charge in [0.25, 0.3) is 0 Å². The molecule has 1 unspecified atom stereocenters. The maximum absolute atomic E-state index is 14.9. The number of aromatic hydroxyl groups is 2. The minimum Gasteiger partial charge on any atom is -0.507 e. The Hall–Kier alpha value is -14.0. The number of fused-ring (bicyclic) bond motifs is 3. The van der Waals surface area contributed by atoms with Crippen molar-refractivity contribution in [3.8, 4) is 17.2 Å². The molecule has 130 heavy (non-hydrogen) atoms. The Kier molecular flexibility index (Phi) is 34.8. The van der Waals surface area contributed by atoms with Gasteiger partial charge in [-0.2, -0.15) is 0 Å². The second kappa shape index (κ2) is 46.1. The fourth-order valence-electron chi connectivity index (χ4n) is 15.1. The van der Waals surface area contributed by atoms with Crippen LogP contribution in [0.5, 0.6) is 17.2 Å². The van der Waals surface area contributed by atoms with E-state index in [1.165, 1.54) is 84.2 Å². The zero-order valence-electron chi connectivity index (χ0n) is 72.2. The van der Waals surface area contributed by atoms with Crippen LogP contribution < -0.4 is 52.6 Å². The smallest absolute Gasteiger partial charge is 0.407 e. The van der Waals surface area contributed by atoms with Crippen molar-refractivity contribution >= 4 is 94.5 Å². The van der Waals surface area contributed by atoms with Crippen LogP contribution in [0.2, 0.25) is 0 Å². The fraction of sp³-hybridized carbons (Fsp3) is 0.387. The first-order valence-electron chi connectivity index (χ1n) is 42.0. The molecule has 9 amide bonds. The number of esters is 3. The van der Waals surface area contributed by atoms with Gasteiger partial charge in [0.1, 0.15) is 104 Å². The summed E-state index contributed by atoms with van der Waals surface area (Å²) in [6.45, 7) is 3.97. The Morgan fingerprint density at radius 3 is 1.61 bits per heavy atom. The molecular weight excluding hydrogens is 1690 g/mol. The zero-order chi connectivity index (χ0) is 93.9. The number of aliphatic hydroxyl groups is 3. The number of phenolic OH excluding ortho intramolecular Hbond substituents is 2. The van der Waals surface area contributed by atoms with E-state index in [2.05, 4.69) is 47.9 Å². The zero-order valence-corrected chi connectivity index (χ0v) is 72.2. The molecule has 3 aliphatic rings. The van der Waals surface area contributed by atoms with Crippen LogP contribution in [0.4, 0.5) is 15.3 Å². The maximum Gasteiger partial charge on any atom is 0.407 e. The molecule has 1 aliphatic heterocycles. The quantitative estimate of drug-likeness (QED) is 0.0101. The van der Waals surface area contributed by atoms with Crippen LogP contribution >= 0.6 is 0 Å². The van der Waals surface area contributed by atoms with Crippen molar-refractivity contribution in [2.45, 2.75) is 198 Å². The molecule has 1 heterocycles. The van der Waals surface area contributed by atoms with E-state index in [0.717, 1.165) is 5.56 Å². The van der Waals surface area contributed by atoms with Crippen LogP contribution in [0.25, 0.3) is 0 Å². The number of hydrogen-bond donors (Lipinski definition) is 14. The second-order valence-corrected chi connectivity index (χ2v) is 32.0. The summed E-state index contributed by atoms with van der Waals surface area (Å²) in [5.41, 5.74) is -4.04. The lowest BCUT2D eigenvalue weighted by molar-refractivity contribution is -0.275. The highest BCUT2D eigenvalue weighted by Crippen LogP contribution is 2.55. The molecule has 0 aromatic heterocycles.